The van der Waals surface area contributed by atoms with Gasteiger partial charge in [0.05, 0.1) is 0 Å². The first-order valence-electron chi connectivity index (χ1n) is 7.26. The van der Waals surface area contributed by atoms with Gasteiger partial charge in [-0.3, -0.25) is 9.59 Å². The Morgan fingerprint density at radius 2 is 1.62 bits per heavy atom. The summed E-state index contributed by atoms with van der Waals surface area (Å²) in [5.41, 5.74) is 1.88. The molecule has 4 heteroatoms. The lowest BCUT2D eigenvalue weighted by Gasteiger charge is -2.18. The molecule has 0 rings (SSSR count). The van der Waals surface area contributed by atoms with E-state index in [2.05, 4.69) is 19.9 Å². The fraction of sp³-hybridized carbons (Fsp3) is 0.647. The molecule has 0 saturated heterocycles. The molecule has 0 bridgehead atoms. The minimum Gasteiger partial charge on any atom is -0.461 e. The van der Waals surface area contributed by atoms with Crippen molar-refractivity contribution in [3.8, 4) is 0 Å². The minimum atomic E-state index is -0.585. The van der Waals surface area contributed by atoms with Crippen LogP contribution < -0.4 is 0 Å². The molecule has 0 aliphatic carbocycles. The van der Waals surface area contributed by atoms with Crippen molar-refractivity contribution < 1.29 is 19.1 Å². The van der Waals surface area contributed by atoms with E-state index in [0.29, 0.717) is 0 Å². The van der Waals surface area contributed by atoms with E-state index in [0.717, 1.165) is 18.4 Å². The van der Waals surface area contributed by atoms with Crippen molar-refractivity contribution in [2.24, 2.45) is 0 Å². The summed E-state index contributed by atoms with van der Waals surface area (Å²) in [6.45, 7) is 11.6. The van der Waals surface area contributed by atoms with Crippen LogP contribution in [-0.2, 0) is 19.1 Å². The van der Waals surface area contributed by atoms with E-state index in [4.69, 9.17) is 9.47 Å². The highest BCUT2D eigenvalue weighted by molar-refractivity contribution is 5.91. The Kier molecular flexibility index (Phi) is 8.67. The molecule has 0 aromatic rings. The molecule has 0 heterocycles. The fourth-order valence-electron chi connectivity index (χ4n) is 1.51. The van der Waals surface area contributed by atoms with Crippen LogP contribution in [0.25, 0.3) is 0 Å². The molecule has 0 fully saturated rings. The summed E-state index contributed by atoms with van der Waals surface area (Å²) in [5, 5.41) is 0. The zero-order chi connectivity index (χ0) is 16.5. The molecule has 0 spiro atoms. The summed E-state index contributed by atoms with van der Waals surface area (Å²) >= 11 is 0. The molecule has 0 radical (unpaired) electrons. The molecule has 0 saturated carbocycles. The molecular formula is C17H28O4. The second kappa shape index (κ2) is 9.37. The molecule has 0 amide bonds. The molecule has 0 atom stereocenters. The van der Waals surface area contributed by atoms with Gasteiger partial charge in [-0.25, -0.2) is 0 Å². The predicted octanol–water partition coefficient (Wildman–Crippen LogP) is 3.95. The number of hydrogen-bond acceptors (Lipinski definition) is 4. The van der Waals surface area contributed by atoms with Crippen LogP contribution in [0.15, 0.2) is 23.3 Å². The van der Waals surface area contributed by atoms with Gasteiger partial charge in [0.1, 0.15) is 18.6 Å². The first-order valence-corrected chi connectivity index (χ1v) is 7.26. The normalized spacial score (nSPS) is 11.8. The minimum absolute atomic E-state index is 0.197. The molecule has 120 valence electrons. The van der Waals surface area contributed by atoms with Gasteiger partial charge in [0, 0.05) is 0 Å². The largest absolute Gasteiger partial charge is 0.461 e. The third-order valence-corrected chi connectivity index (χ3v) is 2.48. The van der Waals surface area contributed by atoms with Crippen LogP contribution >= 0.6 is 0 Å². The zero-order valence-electron chi connectivity index (χ0n) is 14.1. The van der Waals surface area contributed by atoms with Crippen molar-refractivity contribution in [1.82, 2.24) is 0 Å². The summed E-state index contributed by atoms with van der Waals surface area (Å²) < 4.78 is 10.0. The van der Waals surface area contributed by atoms with Crippen molar-refractivity contribution in [2.75, 3.05) is 6.61 Å². The van der Waals surface area contributed by atoms with Gasteiger partial charge >= 0.3 is 11.9 Å². The highest BCUT2D eigenvalue weighted by Crippen LogP contribution is 2.09. The standard InChI is InChI=1S/C17H28O4/c1-13(2)8-7-9-14(3)10-11-20-15(18)12-16(19)21-17(4,5)6/h8,10H,7,9,11-12H2,1-6H3/b14-10+. The lowest BCUT2D eigenvalue weighted by atomic mass is 10.1. The average molecular weight is 296 g/mol. The predicted molar refractivity (Wildman–Crippen MR) is 83.8 cm³/mol. The van der Waals surface area contributed by atoms with Gasteiger partial charge in [0.25, 0.3) is 0 Å². The second-order valence-corrected chi connectivity index (χ2v) is 6.32. The Balaban J connectivity index is 3.98. The van der Waals surface area contributed by atoms with Gasteiger partial charge in [-0.1, -0.05) is 17.2 Å². The van der Waals surface area contributed by atoms with E-state index < -0.39 is 17.5 Å². The van der Waals surface area contributed by atoms with Crippen LogP contribution in [0.3, 0.4) is 0 Å². The SMILES string of the molecule is CC(C)=CCC/C(C)=C/COC(=O)CC(=O)OC(C)(C)C. The van der Waals surface area contributed by atoms with Gasteiger partial charge in [0.15, 0.2) is 0 Å². The van der Waals surface area contributed by atoms with Crippen molar-refractivity contribution in [3.05, 3.63) is 23.3 Å². The summed E-state index contributed by atoms with van der Waals surface area (Å²) in [7, 11) is 0. The van der Waals surface area contributed by atoms with Crippen molar-refractivity contribution in [1.29, 1.82) is 0 Å². The quantitative estimate of drug-likeness (QED) is 0.405. The highest BCUT2D eigenvalue weighted by atomic mass is 16.6. The summed E-state index contributed by atoms with van der Waals surface area (Å²) in [6.07, 6.45) is 5.62. The highest BCUT2D eigenvalue weighted by Gasteiger charge is 2.19. The van der Waals surface area contributed by atoms with E-state index in [9.17, 15) is 9.59 Å². The number of carbonyl (C=O) groups is 2. The van der Waals surface area contributed by atoms with Gasteiger partial charge in [-0.05, 0) is 60.5 Å². The van der Waals surface area contributed by atoms with E-state index in [1.54, 1.807) is 20.8 Å². The molecule has 0 aromatic carbocycles. The van der Waals surface area contributed by atoms with E-state index >= 15 is 0 Å². The summed E-state index contributed by atoms with van der Waals surface area (Å²) in [6, 6.07) is 0. The molecule has 0 aliphatic heterocycles. The van der Waals surface area contributed by atoms with Crippen LogP contribution in [0.1, 0.15) is 60.8 Å². The number of carbonyl (C=O) groups excluding carboxylic acids is 2. The monoisotopic (exact) mass is 296 g/mol. The smallest absolute Gasteiger partial charge is 0.317 e. The molecule has 0 unspecified atom stereocenters. The maximum absolute atomic E-state index is 11.5. The first-order chi connectivity index (χ1) is 9.60. The number of rotatable bonds is 7. The Morgan fingerprint density at radius 3 is 2.14 bits per heavy atom. The number of esters is 2. The molecule has 4 nitrogen and oxygen atoms in total. The number of hydrogen-bond donors (Lipinski definition) is 0. The lowest BCUT2D eigenvalue weighted by molar-refractivity contribution is -0.161. The summed E-state index contributed by atoms with van der Waals surface area (Å²) in [5.74, 6) is -1.12. The van der Waals surface area contributed by atoms with Gasteiger partial charge in [-0.2, -0.15) is 0 Å². The Hall–Kier alpha value is -1.58. The van der Waals surface area contributed by atoms with Crippen LogP contribution in [0, 0.1) is 0 Å². The molecular weight excluding hydrogens is 268 g/mol. The van der Waals surface area contributed by atoms with E-state index in [1.165, 1.54) is 5.57 Å². The molecule has 0 N–H and O–H groups in total. The Morgan fingerprint density at radius 1 is 1.00 bits per heavy atom. The number of ether oxygens (including phenoxy) is 2. The van der Waals surface area contributed by atoms with Crippen LogP contribution in [0.4, 0.5) is 0 Å². The van der Waals surface area contributed by atoms with Gasteiger partial charge in [-0.15, -0.1) is 0 Å². The van der Waals surface area contributed by atoms with Gasteiger partial charge in [0.2, 0.25) is 0 Å². The number of allylic oxidation sites excluding steroid dienone is 3. The topological polar surface area (TPSA) is 52.6 Å². The van der Waals surface area contributed by atoms with Crippen LogP contribution in [0.2, 0.25) is 0 Å². The Bertz CT molecular complexity index is 407. The molecule has 0 aromatic heterocycles. The lowest BCUT2D eigenvalue weighted by Crippen LogP contribution is -2.25. The maximum atomic E-state index is 11.5. The average Bonchev–Trinajstić information content (AvgIpc) is 2.25. The van der Waals surface area contributed by atoms with Crippen molar-refractivity contribution >= 4 is 11.9 Å². The zero-order valence-corrected chi connectivity index (χ0v) is 14.1. The Labute approximate surface area is 128 Å². The van der Waals surface area contributed by atoms with E-state index in [-0.39, 0.29) is 13.0 Å². The van der Waals surface area contributed by atoms with Crippen molar-refractivity contribution in [3.63, 3.8) is 0 Å². The molecule has 21 heavy (non-hydrogen) atoms. The third kappa shape index (κ3) is 13.2. The van der Waals surface area contributed by atoms with Crippen molar-refractivity contribution in [2.45, 2.75) is 66.4 Å². The first kappa shape index (κ1) is 19.4. The fourth-order valence-corrected chi connectivity index (χ4v) is 1.51. The summed E-state index contributed by atoms with van der Waals surface area (Å²) in [4.78, 5) is 22.9. The second-order valence-electron chi connectivity index (χ2n) is 6.32. The van der Waals surface area contributed by atoms with E-state index in [1.807, 2.05) is 13.0 Å². The van der Waals surface area contributed by atoms with Crippen LogP contribution in [-0.4, -0.2) is 24.1 Å². The maximum Gasteiger partial charge on any atom is 0.317 e. The third-order valence-electron chi connectivity index (χ3n) is 2.48. The molecule has 0 aliphatic rings. The van der Waals surface area contributed by atoms with Gasteiger partial charge < -0.3 is 9.47 Å². The van der Waals surface area contributed by atoms with Crippen LogP contribution in [0.5, 0.6) is 0 Å².